The van der Waals surface area contributed by atoms with Gasteiger partial charge in [0.1, 0.15) is 0 Å². The van der Waals surface area contributed by atoms with Crippen molar-refractivity contribution in [1.82, 2.24) is 14.8 Å². The monoisotopic (exact) mass is 302 g/mol. The van der Waals surface area contributed by atoms with Gasteiger partial charge >= 0.3 is 0 Å². The summed E-state index contributed by atoms with van der Waals surface area (Å²) >= 11 is 0. The van der Waals surface area contributed by atoms with E-state index in [1.54, 1.807) is 12.4 Å². The van der Waals surface area contributed by atoms with Crippen LogP contribution in [0.5, 0.6) is 0 Å². The van der Waals surface area contributed by atoms with Crippen molar-refractivity contribution in [2.24, 2.45) is 5.41 Å². The number of anilines is 1. The summed E-state index contributed by atoms with van der Waals surface area (Å²) in [7, 11) is 3.77. The lowest BCUT2D eigenvalue weighted by molar-refractivity contribution is -0.132. The molecule has 1 spiro atoms. The third kappa shape index (κ3) is 2.59. The fourth-order valence-corrected chi connectivity index (χ4v) is 3.41. The Morgan fingerprint density at radius 2 is 2.14 bits per heavy atom. The van der Waals surface area contributed by atoms with Crippen molar-refractivity contribution in [3.63, 3.8) is 0 Å². The molecule has 2 fully saturated rings. The Hall–Kier alpha value is -1.95. The van der Waals surface area contributed by atoms with E-state index in [9.17, 15) is 9.59 Å². The van der Waals surface area contributed by atoms with E-state index in [0.717, 1.165) is 18.5 Å². The summed E-state index contributed by atoms with van der Waals surface area (Å²) in [4.78, 5) is 34.7. The third-order valence-electron chi connectivity index (χ3n) is 4.63. The molecule has 22 heavy (non-hydrogen) atoms. The lowest BCUT2D eigenvalue weighted by Gasteiger charge is -2.24. The number of aromatic nitrogens is 1. The van der Waals surface area contributed by atoms with Gasteiger partial charge in [-0.05, 0) is 39.1 Å². The average Bonchev–Trinajstić information content (AvgIpc) is 3.06. The maximum absolute atomic E-state index is 12.9. The highest BCUT2D eigenvalue weighted by Crippen LogP contribution is 2.42. The van der Waals surface area contributed by atoms with Crippen molar-refractivity contribution < 1.29 is 9.59 Å². The van der Waals surface area contributed by atoms with Gasteiger partial charge in [-0.3, -0.25) is 14.6 Å². The molecule has 118 valence electrons. The number of likely N-dealkylation sites (N-methyl/N-ethyl adjacent to an activating group) is 1. The molecule has 0 bridgehead atoms. The Labute approximate surface area is 130 Å². The second-order valence-electron chi connectivity index (χ2n) is 6.50. The van der Waals surface area contributed by atoms with Gasteiger partial charge in [0, 0.05) is 25.8 Å². The van der Waals surface area contributed by atoms with Crippen molar-refractivity contribution >= 4 is 17.5 Å². The number of rotatable bonds is 3. The number of likely N-dealkylation sites (tertiary alicyclic amines) is 1. The third-order valence-corrected chi connectivity index (χ3v) is 4.63. The molecule has 3 heterocycles. The predicted octanol–water partition coefficient (Wildman–Crippen LogP) is 0.599. The van der Waals surface area contributed by atoms with Crippen LogP contribution in [0.1, 0.15) is 12.8 Å². The summed E-state index contributed by atoms with van der Waals surface area (Å²) in [6.45, 7) is 2.34. The summed E-state index contributed by atoms with van der Waals surface area (Å²) in [5.41, 5.74) is 0.458. The predicted molar refractivity (Wildman–Crippen MR) is 83.4 cm³/mol. The number of hydrogen-bond acceptors (Lipinski definition) is 4. The highest BCUT2D eigenvalue weighted by molar-refractivity contribution is 6.00. The molecule has 1 aromatic heterocycles. The highest BCUT2D eigenvalue weighted by atomic mass is 16.2. The molecule has 0 N–H and O–H groups in total. The molecule has 2 aliphatic rings. The zero-order valence-corrected chi connectivity index (χ0v) is 13.2. The van der Waals surface area contributed by atoms with Crippen molar-refractivity contribution in [2.75, 3.05) is 45.2 Å². The van der Waals surface area contributed by atoms with E-state index in [-0.39, 0.29) is 11.8 Å². The van der Waals surface area contributed by atoms with Crippen molar-refractivity contribution in [2.45, 2.75) is 12.8 Å². The van der Waals surface area contributed by atoms with Crippen LogP contribution in [0.15, 0.2) is 24.5 Å². The molecule has 1 aromatic rings. The van der Waals surface area contributed by atoms with E-state index in [4.69, 9.17) is 0 Å². The average molecular weight is 302 g/mol. The largest absolute Gasteiger partial charge is 0.340 e. The first kappa shape index (κ1) is 15.0. The van der Waals surface area contributed by atoms with Gasteiger partial charge in [-0.15, -0.1) is 0 Å². The van der Waals surface area contributed by atoms with Gasteiger partial charge in [0.2, 0.25) is 11.8 Å². The molecule has 2 amide bonds. The second-order valence-corrected chi connectivity index (χ2v) is 6.50. The van der Waals surface area contributed by atoms with E-state index in [2.05, 4.69) is 4.98 Å². The number of pyridine rings is 1. The lowest BCUT2D eigenvalue weighted by Crippen LogP contribution is -2.40. The van der Waals surface area contributed by atoms with Crippen molar-refractivity contribution in [3.05, 3.63) is 24.5 Å². The van der Waals surface area contributed by atoms with Gasteiger partial charge in [-0.1, -0.05) is 0 Å². The first-order valence-corrected chi connectivity index (χ1v) is 7.66. The van der Waals surface area contributed by atoms with E-state index < -0.39 is 5.41 Å². The van der Waals surface area contributed by atoms with Crippen LogP contribution in [0.4, 0.5) is 5.69 Å². The standard InChI is InChI=1S/C16H22N4O2/c1-18(2)11-14(21)19-8-5-16(12-19)6-9-20(15(16)22)13-4-3-7-17-10-13/h3-4,7,10H,5-6,8-9,11-12H2,1-2H3. The Balaban J connectivity index is 1.71. The fraction of sp³-hybridized carbons (Fsp3) is 0.562. The normalized spacial score (nSPS) is 24.8. The quantitative estimate of drug-likeness (QED) is 0.820. The molecule has 2 saturated heterocycles. The zero-order valence-electron chi connectivity index (χ0n) is 13.2. The molecule has 2 aliphatic heterocycles. The zero-order chi connectivity index (χ0) is 15.7. The van der Waals surface area contributed by atoms with Crippen LogP contribution in [0.3, 0.4) is 0 Å². The molecular formula is C16H22N4O2. The molecular weight excluding hydrogens is 280 g/mol. The number of carbonyl (C=O) groups is 2. The Kier molecular flexibility index (Phi) is 3.87. The Bertz CT molecular complexity index is 575. The summed E-state index contributed by atoms with van der Waals surface area (Å²) in [5, 5.41) is 0. The van der Waals surface area contributed by atoms with Crippen LogP contribution >= 0.6 is 0 Å². The van der Waals surface area contributed by atoms with Crippen LogP contribution in [0, 0.1) is 5.41 Å². The van der Waals surface area contributed by atoms with Crippen molar-refractivity contribution in [1.29, 1.82) is 0 Å². The van der Waals surface area contributed by atoms with Crippen LogP contribution in [-0.4, -0.2) is 66.9 Å². The Morgan fingerprint density at radius 3 is 2.82 bits per heavy atom. The van der Waals surface area contributed by atoms with Crippen molar-refractivity contribution in [3.8, 4) is 0 Å². The summed E-state index contributed by atoms with van der Waals surface area (Å²) in [6, 6.07) is 3.75. The Morgan fingerprint density at radius 1 is 1.36 bits per heavy atom. The molecule has 6 nitrogen and oxygen atoms in total. The lowest BCUT2D eigenvalue weighted by atomic mass is 9.85. The first-order valence-electron chi connectivity index (χ1n) is 7.66. The minimum atomic E-state index is -0.391. The van der Waals surface area contributed by atoms with Crippen LogP contribution in [-0.2, 0) is 9.59 Å². The fourth-order valence-electron chi connectivity index (χ4n) is 3.41. The van der Waals surface area contributed by atoms with Gasteiger partial charge in [0.15, 0.2) is 0 Å². The second kappa shape index (κ2) is 5.68. The number of carbonyl (C=O) groups excluding carboxylic acids is 2. The number of nitrogens with zero attached hydrogens (tertiary/aromatic N) is 4. The van der Waals surface area contributed by atoms with Gasteiger partial charge in [-0.25, -0.2) is 0 Å². The summed E-state index contributed by atoms with van der Waals surface area (Å²) in [5.74, 6) is 0.246. The van der Waals surface area contributed by atoms with Gasteiger partial charge < -0.3 is 14.7 Å². The summed E-state index contributed by atoms with van der Waals surface area (Å²) < 4.78 is 0. The van der Waals surface area contributed by atoms with Gasteiger partial charge in [0.05, 0.1) is 23.8 Å². The van der Waals surface area contributed by atoms with Gasteiger partial charge in [-0.2, -0.15) is 0 Å². The summed E-state index contributed by atoms with van der Waals surface area (Å²) in [6.07, 6.45) is 5.01. The molecule has 6 heteroatoms. The molecule has 3 rings (SSSR count). The van der Waals surface area contributed by atoms with E-state index in [1.165, 1.54) is 0 Å². The smallest absolute Gasteiger partial charge is 0.236 e. The maximum Gasteiger partial charge on any atom is 0.236 e. The van der Waals surface area contributed by atoms with Crippen LogP contribution in [0.2, 0.25) is 0 Å². The molecule has 1 unspecified atom stereocenters. The highest BCUT2D eigenvalue weighted by Gasteiger charge is 2.51. The number of hydrogen-bond donors (Lipinski definition) is 0. The van der Waals surface area contributed by atoms with E-state index in [1.807, 2.05) is 40.9 Å². The molecule has 0 radical (unpaired) electrons. The SMILES string of the molecule is CN(C)CC(=O)N1CCC2(CCN(c3cccnc3)C2=O)C1. The minimum Gasteiger partial charge on any atom is -0.340 e. The molecule has 1 atom stereocenters. The topological polar surface area (TPSA) is 56.8 Å². The van der Waals surface area contributed by atoms with Gasteiger partial charge in [0.25, 0.3) is 0 Å². The number of amides is 2. The molecule has 0 aromatic carbocycles. The minimum absolute atomic E-state index is 0.106. The van der Waals surface area contributed by atoms with Crippen LogP contribution in [0.25, 0.3) is 0 Å². The maximum atomic E-state index is 12.9. The van der Waals surface area contributed by atoms with Crippen LogP contribution < -0.4 is 4.90 Å². The molecule has 0 aliphatic carbocycles. The van der Waals surface area contributed by atoms with E-state index in [0.29, 0.717) is 26.2 Å². The first-order chi connectivity index (χ1) is 10.5. The molecule has 0 saturated carbocycles. The van der Waals surface area contributed by atoms with E-state index >= 15 is 0 Å².